The number of carbonyl (C=O) groups excluding carboxylic acids is 2. The van der Waals surface area contributed by atoms with E-state index >= 15 is 0 Å². The first-order valence-electron chi connectivity index (χ1n) is 9.81. The molecule has 1 saturated heterocycles. The normalized spacial score (nSPS) is 17.7. The van der Waals surface area contributed by atoms with Gasteiger partial charge in [-0.15, -0.1) is 0 Å². The molecular weight excluding hydrogens is 409 g/mol. The van der Waals surface area contributed by atoms with E-state index in [-0.39, 0.29) is 18.4 Å². The van der Waals surface area contributed by atoms with Crippen LogP contribution in [-0.2, 0) is 15.0 Å². The molecule has 2 aromatic rings. The molecule has 1 heterocycles. The van der Waals surface area contributed by atoms with Crippen LogP contribution in [0, 0.1) is 0 Å². The lowest BCUT2D eigenvalue weighted by Crippen LogP contribution is -2.51. The Morgan fingerprint density at radius 3 is 2.21 bits per heavy atom. The van der Waals surface area contributed by atoms with Gasteiger partial charge in [0, 0.05) is 41.9 Å². The highest BCUT2D eigenvalue weighted by Gasteiger charge is 2.51. The molecule has 0 bridgehead atoms. The number of rotatable bonds is 5. The number of nitrogens with zero attached hydrogens (tertiary/aromatic N) is 2. The monoisotopic (exact) mass is 431 g/mol. The summed E-state index contributed by atoms with van der Waals surface area (Å²) in [6, 6.07) is 15.2. The van der Waals surface area contributed by atoms with Crippen molar-refractivity contribution in [3.63, 3.8) is 0 Å². The number of hydrogen-bond donors (Lipinski definition) is 1. The highest BCUT2D eigenvalue weighted by Crippen LogP contribution is 2.48. The van der Waals surface area contributed by atoms with Crippen LogP contribution in [0.5, 0.6) is 0 Å². The number of piperazine rings is 1. The van der Waals surface area contributed by atoms with Gasteiger partial charge in [-0.2, -0.15) is 0 Å². The van der Waals surface area contributed by atoms with Crippen molar-refractivity contribution in [3.05, 3.63) is 64.1 Å². The predicted molar refractivity (Wildman–Crippen MR) is 116 cm³/mol. The number of nitrogens with one attached hydrogen (secondary N) is 1. The van der Waals surface area contributed by atoms with Gasteiger partial charge in [-0.3, -0.25) is 9.59 Å². The molecule has 1 aliphatic carbocycles. The van der Waals surface area contributed by atoms with E-state index in [0.717, 1.165) is 37.2 Å². The van der Waals surface area contributed by atoms with E-state index in [1.165, 1.54) is 0 Å². The maximum atomic E-state index is 12.7. The smallest absolute Gasteiger partial charge is 0.242 e. The molecule has 1 saturated carbocycles. The fourth-order valence-corrected chi connectivity index (χ4v) is 4.26. The van der Waals surface area contributed by atoms with Gasteiger partial charge in [-0.05, 0) is 48.7 Å². The third kappa shape index (κ3) is 4.36. The van der Waals surface area contributed by atoms with Crippen molar-refractivity contribution >= 4 is 40.7 Å². The summed E-state index contributed by atoms with van der Waals surface area (Å²) in [4.78, 5) is 29.4. The predicted octanol–water partition coefficient (Wildman–Crippen LogP) is 3.49. The Hall–Kier alpha value is -2.24. The van der Waals surface area contributed by atoms with Crippen LogP contribution >= 0.6 is 23.2 Å². The van der Waals surface area contributed by atoms with Crippen LogP contribution in [0.2, 0.25) is 10.0 Å². The molecule has 1 aliphatic heterocycles. The third-order valence-corrected chi connectivity index (χ3v) is 6.24. The average Bonchev–Trinajstić information content (AvgIpc) is 3.54. The molecule has 1 N–H and O–H groups in total. The van der Waals surface area contributed by atoms with Gasteiger partial charge < -0.3 is 15.1 Å². The van der Waals surface area contributed by atoms with Gasteiger partial charge in [0.1, 0.15) is 0 Å². The van der Waals surface area contributed by atoms with Gasteiger partial charge in [0.15, 0.2) is 0 Å². The molecule has 0 unspecified atom stereocenters. The summed E-state index contributed by atoms with van der Waals surface area (Å²) in [6.07, 6.45) is 1.57. The van der Waals surface area contributed by atoms with E-state index in [1.54, 1.807) is 11.0 Å². The summed E-state index contributed by atoms with van der Waals surface area (Å²) in [6.45, 7) is 2.76. The second-order valence-electron chi connectivity index (χ2n) is 7.62. The topological polar surface area (TPSA) is 52.7 Å². The fourth-order valence-electron chi connectivity index (χ4n) is 3.88. The lowest BCUT2D eigenvalue weighted by molar-refractivity contribution is -0.133. The number of benzene rings is 2. The lowest BCUT2D eigenvalue weighted by atomic mass is 9.95. The first-order valence-corrected chi connectivity index (χ1v) is 10.6. The van der Waals surface area contributed by atoms with Gasteiger partial charge in [-0.25, -0.2) is 0 Å². The SMILES string of the molecule is O=C(CNC(=O)C1(c2cccc(Cl)c2)CC1)N1CCN(c2cccc(Cl)c2)CC1. The van der Waals surface area contributed by atoms with Gasteiger partial charge in [-0.1, -0.05) is 41.4 Å². The first kappa shape index (κ1) is 20.0. The van der Waals surface area contributed by atoms with Crippen LogP contribution in [-0.4, -0.2) is 49.4 Å². The zero-order valence-corrected chi connectivity index (χ0v) is 17.5. The molecule has 2 aromatic carbocycles. The summed E-state index contributed by atoms with van der Waals surface area (Å²) in [5, 5.41) is 4.17. The van der Waals surface area contributed by atoms with Crippen LogP contribution in [0.3, 0.4) is 0 Å². The van der Waals surface area contributed by atoms with Crippen molar-refractivity contribution in [1.29, 1.82) is 0 Å². The Morgan fingerprint density at radius 1 is 0.931 bits per heavy atom. The highest BCUT2D eigenvalue weighted by molar-refractivity contribution is 6.31. The number of amides is 2. The first-order chi connectivity index (χ1) is 14.0. The maximum Gasteiger partial charge on any atom is 0.242 e. The fraction of sp³-hybridized carbons (Fsp3) is 0.364. The zero-order chi connectivity index (χ0) is 20.4. The summed E-state index contributed by atoms with van der Waals surface area (Å²) in [5.74, 6) is -0.142. The molecule has 0 radical (unpaired) electrons. The Balaban J connectivity index is 1.29. The Labute approximate surface area is 180 Å². The molecule has 5 nitrogen and oxygen atoms in total. The summed E-state index contributed by atoms with van der Waals surface area (Å²) in [7, 11) is 0. The highest BCUT2D eigenvalue weighted by atomic mass is 35.5. The Morgan fingerprint density at radius 2 is 1.59 bits per heavy atom. The minimum absolute atomic E-state index is 0.0261. The van der Waals surface area contributed by atoms with Crippen molar-refractivity contribution in [2.24, 2.45) is 0 Å². The molecule has 0 spiro atoms. The van der Waals surface area contributed by atoms with Crippen LogP contribution in [0.25, 0.3) is 0 Å². The number of carbonyl (C=O) groups is 2. The van der Waals surface area contributed by atoms with Crippen LogP contribution in [0.1, 0.15) is 18.4 Å². The van der Waals surface area contributed by atoms with Gasteiger partial charge in [0.2, 0.25) is 11.8 Å². The van der Waals surface area contributed by atoms with Gasteiger partial charge in [0.25, 0.3) is 0 Å². The van der Waals surface area contributed by atoms with E-state index < -0.39 is 5.41 Å². The van der Waals surface area contributed by atoms with E-state index in [1.807, 2.05) is 42.5 Å². The molecule has 152 valence electrons. The number of halogens is 2. The molecule has 2 fully saturated rings. The van der Waals surface area contributed by atoms with E-state index in [9.17, 15) is 9.59 Å². The molecule has 4 rings (SSSR count). The molecule has 0 atom stereocenters. The molecule has 29 heavy (non-hydrogen) atoms. The standard InChI is InChI=1S/C22H23Cl2N3O2/c23-17-4-1-3-16(13-17)22(7-8-22)21(29)25-15-20(28)27-11-9-26(10-12-27)19-6-2-5-18(24)14-19/h1-6,13-14H,7-12,15H2,(H,25,29). The number of hydrogen-bond acceptors (Lipinski definition) is 3. The third-order valence-electron chi connectivity index (χ3n) is 5.77. The molecular formula is C22H23Cl2N3O2. The van der Waals surface area contributed by atoms with E-state index in [2.05, 4.69) is 10.2 Å². The summed E-state index contributed by atoms with van der Waals surface area (Å²) >= 11 is 12.1. The van der Waals surface area contributed by atoms with Crippen molar-refractivity contribution in [3.8, 4) is 0 Å². The Kier molecular flexibility index (Phi) is 5.70. The zero-order valence-electron chi connectivity index (χ0n) is 16.0. The molecule has 2 amide bonds. The Bertz CT molecular complexity index is 922. The second kappa shape index (κ2) is 8.25. The van der Waals surface area contributed by atoms with Crippen molar-refractivity contribution in [2.75, 3.05) is 37.6 Å². The quantitative estimate of drug-likeness (QED) is 0.787. The van der Waals surface area contributed by atoms with E-state index in [0.29, 0.717) is 23.1 Å². The van der Waals surface area contributed by atoms with Gasteiger partial charge in [0.05, 0.1) is 12.0 Å². The minimum Gasteiger partial charge on any atom is -0.368 e. The largest absolute Gasteiger partial charge is 0.368 e. The second-order valence-corrected chi connectivity index (χ2v) is 8.50. The maximum absolute atomic E-state index is 12.7. The lowest BCUT2D eigenvalue weighted by Gasteiger charge is -2.36. The molecule has 2 aliphatic rings. The van der Waals surface area contributed by atoms with Crippen LogP contribution in [0.15, 0.2) is 48.5 Å². The summed E-state index contributed by atoms with van der Waals surface area (Å²) in [5.41, 5.74) is 1.45. The van der Waals surface area contributed by atoms with Crippen molar-refractivity contribution < 1.29 is 9.59 Å². The minimum atomic E-state index is -0.531. The molecule has 7 heteroatoms. The average molecular weight is 432 g/mol. The van der Waals surface area contributed by atoms with Gasteiger partial charge >= 0.3 is 0 Å². The van der Waals surface area contributed by atoms with Crippen LogP contribution < -0.4 is 10.2 Å². The van der Waals surface area contributed by atoms with Crippen LogP contribution in [0.4, 0.5) is 5.69 Å². The molecule has 0 aromatic heterocycles. The van der Waals surface area contributed by atoms with E-state index in [4.69, 9.17) is 23.2 Å². The number of anilines is 1. The van der Waals surface area contributed by atoms with Crippen molar-refractivity contribution in [1.82, 2.24) is 10.2 Å². The van der Waals surface area contributed by atoms with Crippen molar-refractivity contribution in [2.45, 2.75) is 18.3 Å². The summed E-state index contributed by atoms with van der Waals surface area (Å²) < 4.78 is 0.